The molecule has 0 fully saturated rings. The van der Waals surface area contributed by atoms with Crippen LogP contribution in [0.4, 0.5) is 0 Å². The molecule has 0 radical (unpaired) electrons. The van der Waals surface area contributed by atoms with Crippen LogP contribution < -0.4 is 5.32 Å². The number of pyridine rings is 1. The topological polar surface area (TPSA) is 29.9 Å². The van der Waals surface area contributed by atoms with Crippen molar-refractivity contribution in [1.82, 2.24) is 14.9 Å². The van der Waals surface area contributed by atoms with Crippen LogP contribution in [0.25, 0.3) is 0 Å². The summed E-state index contributed by atoms with van der Waals surface area (Å²) in [5.74, 6) is 0. The zero-order valence-electron chi connectivity index (χ0n) is 10.5. The Balaban J connectivity index is 2.10. The fourth-order valence-corrected chi connectivity index (χ4v) is 1.92. The number of aromatic nitrogens is 2. The lowest BCUT2D eigenvalue weighted by Crippen LogP contribution is -2.15. The van der Waals surface area contributed by atoms with Gasteiger partial charge < -0.3 is 9.88 Å². The quantitative estimate of drug-likeness (QED) is 0.853. The third-order valence-corrected chi connectivity index (χ3v) is 2.76. The molecule has 2 heterocycles. The summed E-state index contributed by atoms with van der Waals surface area (Å²) in [5, 5.41) is 3.35. The van der Waals surface area contributed by atoms with Crippen LogP contribution in [-0.4, -0.2) is 16.1 Å². The first-order valence-corrected chi connectivity index (χ1v) is 6.05. The fourth-order valence-electron chi connectivity index (χ4n) is 1.92. The Morgan fingerprint density at radius 3 is 3.00 bits per heavy atom. The molecule has 2 rings (SSSR count). The van der Waals surface area contributed by atoms with Crippen molar-refractivity contribution in [2.75, 3.05) is 6.54 Å². The van der Waals surface area contributed by atoms with Gasteiger partial charge in [-0.05, 0) is 36.7 Å². The van der Waals surface area contributed by atoms with E-state index in [9.17, 15) is 0 Å². The number of hydrogen-bond acceptors (Lipinski definition) is 2. The molecule has 0 amide bonds. The van der Waals surface area contributed by atoms with E-state index in [0.717, 1.165) is 19.6 Å². The van der Waals surface area contributed by atoms with Crippen molar-refractivity contribution in [1.29, 1.82) is 0 Å². The van der Waals surface area contributed by atoms with Crippen LogP contribution in [0.3, 0.4) is 0 Å². The molecule has 3 heteroatoms. The predicted octanol–water partition coefficient (Wildman–Crippen LogP) is 2.35. The number of hydrogen-bond donors (Lipinski definition) is 1. The Morgan fingerprint density at radius 1 is 1.35 bits per heavy atom. The molecule has 17 heavy (non-hydrogen) atoms. The molecule has 0 aromatic carbocycles. The summed E-state index contributed by atoms with van der Waals surface area (Å²) in [6.45, 7) is 7.01. The van der Waals surface area contributed by atoms with Gasteiger partial charge in [0.05, 0.1) is 0 Å². The molecule has 0 saturated carbocycles. The Labute approximate surface area is 103 Å². The minimum absolute atomic E-state index is 0.891. The Bertz CT molecular complexity index is 474. The van der Waals surface area contributed by atoms with E-state index in [1.54, 1.807) is 0 Å². The largest absolute Gasteiger partial charge is 0.346 e. The standard InChI is InChI=1S/C14H19N3/c1-3-15-10-14-5-4-6-17(14)11-13-7-12(2)8-16-9-13/h4-9,15H,3,10-11H2,1-2H3. The van der Waals surface area contributed by atoms with Gasteiger partial charge in [0.25, 0.3) is 0 Å². The maximum Gasteiger partial charge on any atom is 0.0488 e. The summed E-state index contributed by atoms with van der Waals surface area (Å²) in [7, 11) is 0. The molecule has 2 aromatic rings. The highest BCUT2D eigenvalue weighted by Crippen LogP contribution is 2.08. The highest BCUT2D eigenvalue weighted by molar-refractivity contribution is 5.18. The van der Waals surface area contributed by atoms with Crippen molar-refractivity contribution in [3.8, 4) is 0 Å². The van der Waals surface area contributed by atoms with E-state index in [0.29, 0.717) is 0 Å². The maximum atomic E-state index is 4.23. The molecule has 0 atom stereocenters. The predicted molar refractivity (Wildman–Crippen MR) is 69.9 cm³/mol. The van der Waals surface area contributed by atoms with Crippen molar-refractivity contribution < 1.29 is 0 Å². The summed E-state index contributed by atoms with van der Waals surface area (Å²) < 4.78 is 2.26. The zero-order chi connectivity index (χ0) is 12.1. The first kappa shape index (κ1) is 11.9. The fraction of sp³-hybridized carbons (Fsp3) is 0.357. The van der Waals surface area contributed by atoms with E-state index < -0.39 is 0 Å². The lowest BCUT2D eigenvalue weighted by atomic mass is 10.2. The van der Waals surface area contributed by atoms with Crippen LogP contribution >= 0.6 is 0 Å². The van der Waals surface area contributed by atoms with E-state index in [1.807, 2.05) is 12.4 Å². The van der Waals surface area contributed by atoms with Gasteiger partial charge in [0, 0.05) is 37.4 Å². The monoisotopic (exact) mass is 229 g/mol. The van der Waals surface area contributed by atoms with Gasteiger partial charge in [0.1, 0.15) is 0 Å². The minimum Gasteiger partial charge on any atom is -0.346 e. The SMILES string of the molecule is CCNCc1cccn1Cc1cncc(C)c1. The van der Waals surface area contributed by atoms with Crippen molar-refractivity contribution in [3.05, 3.63) is 53.6 Å². The average molecular weight is 229 g/mol. The third-order valence-electron chi connectivity index (χ3n) is 2.76. The van der Waals surface area contributed by atoms with Crippen molar-refractivity contribution in [2.45, 2.75) is 26.9 Å². The van der Waals surface area contributed by atoms with E-state index in [2.05, 4.69) is 53.1 Å². The van der Waals surface area contributed by atoms with Crippen molar-refractivity contribution >= 4 is 0 Å². The van der Waals surface area contributed by atoms with E-state index >= 15 is 0 Å². The van der Waals surface area contributed by atoms with Gasteiger partial charge in [-0.25, -0.2) is 0 Å². The highest BCUT2D eigenvalue weighted by atomic mass is 15.0. The van der Waals surface area contributed by atoms with Crippen LogP contribution in [0.15, 0.2) is 36.8 Å². The molecule has 2 aromatic heterocycles. The average Bonchev–Trinajstić information content (AvgIpc) is 2.74. The van der Waals surface area contributed by atoms with E-state index in [1.165, 1.54) is 16.8 Å². The van der Waals surface area contributed by atoms with Gasteiger partial charge in [0.15, 0.2) is 0 Å². The minimum atomic E-state index is 0.891. The summed E-state index contributed by atoms with van der Waals surface area (Å²) in [5.41, 5.74) is 3.77. The van der Waals surface area contributed by atoms with Gasteiger partial charge in [-0.2, -0.15) is 0 Å². The van der Waals surface area contributed by atoms with E-state index in [4.69, 9.17) is 0 Å². The molecule has 0 aliphatic carbocycles. The van der Waals surface area contributed by atoms with Gasteiger partial charge in [0.2, 0.25) is 0 Å². The zero-order valence-corrected chi connectivity index (χ0v) is 10.5. The third kappa shape index (κ3) is 3.17. The molecule has 0 saturated heterocycles. The maximum absolute atomic E-state index is 4.23. The summed E-state index contributed by atoms with van der Waals surface area (Å²) >= 11 is 0. The second kappa shape index (κ2) is 5.64. The smallest absolute Gasteiger partial charge is 0.0488 e. The molecule has 0 unspecified atom stereocenters. The number of aryl methyl sites for hydroxylation is 1. The number of nitrogens with one attached hydrogen (secondary N) is 1. The number of nitrogens with zero attached hydrogens (tertiary/aromatic N) is 2. The lowest BCUT2D eigenvalue weighted by molar-refractivity contribution is 0.656. The molecule has 0 bridgehead atoms. The van der Waals surface area contributed by atoms with Crippen molar-refractivity contribution in [3.63, 3.8) is 0 Å². The van der Waals surface area contributed by atoms with Crippen LogP contribution in [0.2, 0.25) is 0 Å². The second-order valence-corrected chi connectivity index (χ2v) is 4.28. The number of rotatable bonds is 5. The Morgan fingerprint density at radius 2 is 2.24 bits per heavy atom. The Hall–Kier alpha value is -1.61. The molecular formula is C14H19N3. The van der Waals surface area contributed by atoms with Crippen LogP contribution in [-0.2, 0) is 13.1 Å². The molecule has 1 N–H and O–H groups in total. The molecule has 3 nitrogen and oxygen atoms in total. The Kier molecular flexibility index (Phi) is 3.94. The summed E-state index contributed by atoms with van der Waals surface area (Å²) in [4.78, 5) is 4.23. The van der Waals surface area contributed by atoms with Crippen LogP contribution in [0, 0.1) is 6.92 Å². The molecule has 0 spiro atoms. The van der Waals surface area contributed by atoms with Crippen LogP contribution in [0.5, 0.6) is 0 Å². The van der Waals surface area contributed by atoms with E-state index in [-0.39, 0.29) is 0 Å². The van der Waals surface area contributed by atoms with Gasteiger partial charge in [-0.3, -0.25) is 4.98 Å². The van der Waals surface area contributed by atoms with Crippen molar-refractivity contribution in [2.24, 2.45) is 0 Å². The van der Waals surface area contributed by atoms with Gasteiger partial charge in [-0.15, -0.1) is 0 Å². The first-order valence-electron chi connectivity index (χ1n) is 6.05. The highest BCUT2D eigenvalue weighted by Gasteiger charge is 2.01. The van der Waals surface area contributed by atoms with Gasteiger partial charge in [-0.1, -0.05) is 13.0 Å². The molecular weight excluding hydrogens is 210 g/mol. The second-order valence-electron chi connectivity index (χ2n) is 4.28. The normalized spacial score (nSPS) is 10.7. The molecule has 0 aliphatic heterocycles. The summed E-state index contributed by atoms with van der Waals surface area (Å²) in [6, 6.07) is 6.44. The van der Waals surface area contributed by atoms with Gasteiger partial charge >= 0.3 is 0 Å². The molecule has 0 aliphatic rings. The van der Waals surface area contributed by atoms with Crippen LogP contribution in [0.1, 0.15) is 23.7 Å². The summed E-state index contributed by atoms with van der Waals surface area (Å²) in [6.07, 6.45) is 5.94. The first-order chi connectivity index (χ1) is 8.29. The lowest BCUT2D eigenvalue weighted by Gasteiger charge is -2.09. The molecule has 90 valence electrons.